The Kier molecular flexibility index (Phi) is 41.0. The van der Waals surface area contributed by atoms with Gasteiger partial charge in [-0.15, -0.1) is 0 Å². The molecule has 9 heteroatoms. The lowest BCUT2D eigenvalue weighted by molar-refractivity contribution is -0.305. The second kappa shape index (κ2) is 44.8. The number of unbranched alkanes of at least 4 members (excludes halogenated alkanes) is 10. The van der Waals surface area contributed by atoms with Crippen LogP contribution < -0.4 is 0 Å². The van der Waals surface area contributed by atoms with E-state index in [0.29, 0.717) is 13.0 Å². The van der Waals surface area contributed by atoms with E-state index in [2.05, 4.69) is 123 Å². The molecule has 1 saturated heterocycles. The Hall–Kier alpha value is -3.41. The average Bonchev–Trinajstić information content (AvgIpc) is 3.30. The van der Waals surface area contributed by atoms with Crippen molar-refractivity contribution in [3.8, 4) is 0 Å². The Bertz CT molecular complexity index is 1390. The molecule has 1 fully saturated rings. The van der Waals surface area contributed by atoms with Crippen molar-refractivity contribution in [3.05, 3.63) is 122 Å². The zero-order valence-electron chi connectivity index (χ0n) is 39.7. The van der Waals surface area contributed by atoms with E-state index in [9.17, 15) is 25.2 Å². The van der Waals surface area contributed by atoms with Gasteiger partial charge in [-0.3, -0.25) is 4.79 Å². The Morgan fingerprint density at radius 2 is 0.906 bits per heavy atom. The van der Waals surface area contributed by atoms with E-state index in [0.717, 1.165) is 83.5 Å². The fourth-order valence-corrected chi connectivity index (χ4v) is 6.65. The molecule has 0 spiro atoms. The fraction of sp³-hybridized carbons (Fsp3) is 0.618. The summed E-state index contributed by atoms with van der Waals surface area (Å²) >= 11 is 0. The number of hydrogen-bond acceptors (Lipinski definition) is 9. The first-order valence-electron chi connectivity index (χ1n) is 24.6. The molecule has 0 aromatic rings. The maximum absolute atomic E-state index is 12.7. The Labute approximate surface area is 388 Å². The molecule has 1 heterocycles. The fourth-order valence-electron chi connectivity index (χ4n) is 6.65. The van der Waals surface area contributed by atoms with Gasteiger partial charge in [-0.1, -0.05) is 187 Å². The summed E-state index contributed by atoms with van der Waals surface area (Å²) < 4.78 is 22.7. The lowest BCUT2D eigenvalue weighted by Crippen LogP contribution is -2.59. The highest BCUT2D eigenvalue weighted by atomic mass is 16.7. The summed E-state index contributed by atoms with van der Waals surface area (Å²) in [5.41, 5.74) is 0. The van der Waals surface area contributed by atoms with Crippen LogP contribution >= 0.6 is 0 Å². The third kappa shape index (κ3) is 34.9. The van der Waals surface area contributed by atoms with Crippen molar-refractivity contribution in [1.82, 2.24) is 0 Å². The lowest BCUT2D eigenvalue weighted by atomic mass is 9.99. The van der Waals surface area contributed by atoms with Crippen molar-refractivity contribution >= 4 is 5.97 Å². The van der Waals surface area contributed by atoms with Crippen LogP contribution in [0, 0.1) is 0 Å². The number of ether oxygens (including phenoxy) is 4. The van der Waals surface area contributed by atoms with E-state index >= 15 is 0 Å². The lowest BCUT2D eigenvalue weighted by Gasteiger charge is -2.39. The number of hydrogen-bond donors (Lipinski definition) is 4. The number of allylic oxidation sites excluding steroid dienone is 19. The van der Waals surface area contributed by atoms with Gasteiger partial charge in [-0.05, 0) is 83.5 Å². The molecule has 6 unspecified atom stereocenters. The van der Waals surface area contributed by atoms with Crippen LogP contribution in [0.3, 0.4) is 0 Å². The van der Waals surface area contributed by atoms with Crippen LogP contribution in [-0.4, -0.2) is 89.6 Å². The first kappa shape index (κ1) is 58.6. The molecule has 0 radical (unpaired) electrons. The van der Waals surface area contributed by atoms with E-state index in [1.807, 2.05) is 6.08 Å². The van der Waals surface area contributed by atoms with Gasteiger partial charge in [0.2, 0.25) is 0 Å². The molecule has 1 aliphatic heterocycles. The van der Waals surface area contributed by atoms with E-state index in [4.69, 9.17) is 18.9 Å². The van der Waals surface area contributed by atoms with E-state index in [1.54, 1.807) is 6.08 Å². The molecular weight excluding hydrogens is 805 g/mol. The standard InChI is InChI=1S/C55H88O9/c1-3-5-7-9-11-13-15-17-19-20-21-22-23-24-25-26-27-28-29-31-33-35-37-39-41-43-45-61-47-49(48-62-55-54(60)53(59)52(58)50(46-56)64-55)63-51(57)44-42-40-38-36-34-32-30-18-16-14-12-10-8-6-4-2/h5-8,11-14,17-19,21-22,24-25,30,34,36,40,42,49-50,52-56,58-60H,3-4,9-10,15-16,20,23,26-29,31-33,35,37-39,41,43-48H2,1-2H3/b7-5-,8-6-,13-11-,14-12-,19-17-,22-21-,25-24-,30-18-,36-34-,42-40-. The van der Waals surface area contributed by atoms with Gasteiger partial charge < -0.3 is 39.4 Å². The van der Waals surface area contributed by atoms with Crippen LogP contribution in [0.5, 0.6) is 0 Å². The number of esters is 1. The third-order valence-electron chi connectivity index (χ3n) is 10.4. The molecule has 0 aromatic carbocycles. The Morgan fingerprint density at radius 3 is 1.36 bits per heavy atom. The van der Waals surface area contributed by atoms with Gasteiger partial charge in [0.25, 0.3) is 0 Å². The number of aliphatic hydroxyl groups is 4. The minimum atomic E-state index is -1.56. The quantitative estimate of drug-likeness (QED) is 0.0269. The molecule has 4 N–H and O–H groups in total. The number of aliphatic hydroxyl groups excluding tert-OH is 4. The van der Waals surface area contributed by atoms with Gasteiger partial charge in [0, 0.05) is 6.61 Å². The summed E-state index contributed by atoms with van der Waals surface area (Å²) in [6, 6.07) is 0. The monoisotopic (exact) mass is 893 g/mol. The maximum atomic E-state index is 12.7. The molecule has 9 nitrogen and oxygen atoms in total. The molecule has 362 valence electrons. The van der Waals surface area contributed by atoms with Crippen molar-refractivity contribution in [2.45, 2.75) is 192 Å². The minimum Gasteiger partial charge on any atom is -0.457 e. The zero-order chi connectivity index (χ0) is 46.4. The molecule has 0 amide bonds. The summed E-state index contributed by atoms with van der Waals surface area (Å²) in [6.45, 7) is 4.17. The van der Waals surface area contributed by atoms with Crippen molar-refractivity contribution < 1.29 is 44.2 Å². The number of carbonyl (C=O) groups excluding carboxylic acids is 1. The van der Waals surface area contributed by atoms with Gasteiger partial charge in [-0.25, -0.2) is 0 Å². The van der Waals surface area contributed by atoms with Crippen LogP contribution in [-0.2, 0) is 23.7 Å². The summed E-state index contributed by atoms with van der Waals surface area (Å²) in [5.74, 6) is -0.447. The summed E-state index contributed by atoms with van der Waals surface area (Å²) in [7, 11) is 0. The van der Waals surface area contributed by atoms with Crippen LogP contribution in [0.25, 0.3) is 0 Å². The molecular formula is C55H88O9. The van der Waals surface area contributed by atoms with Gasteiger partial charge >= 0.3 is 5.97 Å². The molecule has 0 aliphatic carbocycles. The van der Waals surface area contributed by atoms with E-state index in [1.165, 1.54) is 44.9 Å². The Balaban J connectivity index is 2.25. The topological polar surface area (TPSA) is 135 Å². The molecule has 1 aliphatic rings. The van der Waals surface area contributed by atoms with Gasteiger partial charge in [0.05, 0.1) is 26.2 Å². The zero-order valence-corrected chi connectivity index (χ0v) is 39.7. The first-order chi connectivity index (χ1) is 31.4. The highest BCUT2D eigenvalue weighted by Crippen LogP contribution is 2.22. The predicted molar refractivity (Wildman–Crippen MR) is 265 cm³/mol. The van der Waals surface area contributed by atoms with E-state index < -0.39 is 49.4 Å². The average molecular weight is 893 g/mol. The Morgan fingerprint density at radius 1 is 0.500 bits per heavy atom. The second-order valence-electron chi connectivity index (χ2n) is 16.2. The first-order valence-corrected chi connectivity index (χ1v) is 24.6. The van der Waals surface area contributed by atoms with Gasteiger partial charge in [0.1, 0.15) is 30.5 Å². The second-order valence-corrected chi connectivity index (χ2v) is 16.2. The minimum absolute atomic E-state index is 0.0785. The van der Waals surface area contributed by atoms with Crippen LogP contribution in [0.2, 0.25) is 0 Å². The molecule has 0 aromatic heterocycles. The summed E-state index contributed by atoms with van der Waals surface area (Å²) in [4.78, 5) is 12.7. The van der Waals surface area contributed by atoms with Crippen molar-refractivity contribution in [1.29, 1.82) is 0 Å². The molecule has 1 rings (SSSR count). The third-order valence-corrected chi connectivity index (χ3v) is 10.4. The van der Waals surface area contributed by atoms with Crippen LogP contribution in [0.1, 0.15) is 155 Å². The van der Waals surface area contributed by atoms with Gasteiger partial charge in [0.15, 0.2) is 6.29 Å². The van der Waals surface area contributed by atoms with Crippen molar-refractivity contribution in [3.63, 3.8) is 0 Å². The summed E-state index contributed by atoms with van der Waals surface area (Å²) in [6.07, 6.45) is 58.3. The van der Waals surface area contributed by atoms with Crippen molar-refractivity contribution in [2.24, 2.45) is 0 Å². The SMILES string of the molecule is CC/C=C\C/C=C\C/C=C\C/C=C\C/C=C\CCCCCCCCCCCCOCC(COC1OC(CO)C(O)C(O)C1O)OC(=O)C/C=C\C/C=C\C/C=C\C/C=C\C/C=C\CC. The molecule has 64 heavy (non-hydrogen) atoms. The highest BCUT2D eigenvalue weighted by Gasteiger charge is 2.44. The smallest absolute Gasteiger partial charge is 0.310 e. The van der Waals surface area contributed by atoms with E-state index in [-0.39, 0.29) is 19.6 Å². The van der Waals surface area contributed by atoms with Crippen molar-refractivity contribution in [2.75, 3.05) is 26.4 Å². The van der Waals surface area contributed by atoms with Crippen LogP contribution in [0.15, 0.2) is 122 Å². The van der Waals surface area contributed by atoms with Crippen LogP contribution in [0.4, 0.5) is 0 Å². The largest absolute Gasteiger partial charge is 0.457 e. The summed E-state index contributed by atoms with van der Waals surface area (Å²) in [5, 5.41) is 40.2. The predicted octanol–water partition coefficient (Wildman–Crippen LogP) is 11.9. The molecule has 0 saturated carbocycles. The van der Waals surface area contributed by atoms with Gasteiger partial charge in [-0.2, -0.15) is 0 Å². The maximum Gasteiger partial charge on any atom is 0.310 e. The normalized spacial score (nSPS) is 20.6. The number of rotatable bonds is 40. The highest BCUT2D eigenvalue weighted by molar-refractivity contribution is 5.71. The molecule has 6 atom stereocenters. The molecule has 0 bridgehead atoms. The number of carbonyl (C=O) groups is 1.